The molecule has 0 aliphatic rings. The summed E-state index contributed by atoms with van der Waals surface area (Å²) >= 11 is 0. The van der Waals surface area contributed by atoms with E-state index in [-0.39, 0.29) is 6.42 Å². The molecule has 0 bridgehead atoms. The lowest BCUT2D eigenvalue weighted by Gasteiger charge is -2.00. The zero-order valence-electron chi connectivity index (χ0n) is 6.54. The molecule has 1 aromatic rings. The van der Waals surface area contributed by atoms with Gasteiger partial charge in [0.15, 0.2) is 0 Å². The molecule has 0 saturated heterocycles. The molecule has 3 nitrogen and oxygen atoms in total. The van der Waals surface area contributed by atoms with Crippen LogP contribution in [0.2, 0.25) is 0 Å². The van der Waals surface area contributed by atoms with Gasteiger partial charge in [-0.15, -0.1) is 0 Å². The van der Waals surface area contributed by atoms with Crippen molar-refractivity contribution in [1.29, 1.82) is 0 Å². The van der Waals surface area contributed by atoms with Gasteiger partial charge in [0.05, 0.1) is 6.42 Å². The zero-order valence-corrected chi connectivity index (χ0v) is 6.54. The van der Waals surface area contributed by atoms with Gasteiger partial charge in [-0.2, -0.15) is 4.39 Å². The predicted molar refractivity (Wildman–Crippen MR) is 40.3 cm³/mol. The summed E-state index contributed by atoms with van der Waals surface area (Å²) in [4.78, 5) is 13.6. The first-order valence-corrected chi connectivity index (χ1v) is 3.42. The van der Waals surface area contributed by atoms with Gasteiger partial charge in [-0.1, -0.05) is 0 Å². The number of pyridine rings is 1. The fraction of sp³-hybridized carbons (Fsp3) is 0.250. The van der Waals surface area contributed by atoms with Gasteiger partial charge in [0, 0.05) is 6.20 Å². The van der Waals surface area contributed by atoms with Crippen LogP contribution in [-0.2, 0) is 11.2 Å². The fourth-order valence-corrected chi connectivity index (χ4v) is 0.898. The molecular formula is C8H8FNO2. The van der Waals surface area contributed by atoms with Crippen molar-refractivity contribution in [1.82, 2.24) is 4.98 Å². The van der Waals surface area contributed by atoms with Gasteiger partial charge in [0.1, 0.15) is 0 Å². The maximum absolute atomic E-state index is 12.4. The summed E-state index contributed by atoms with van der Waals surface area (Å²) in [7, 11) is 0. The molecule has 1 heterocycles. The van der Waals surface area contributed by atoms with Gasteiger partial charge < -0.3 is 5.11 Å². The van der Waals surface area contributed by atoms with Crippen LogP contribution in [0.25, 0.3) is 0 Å². The van der Waals surface area contributed by atoms with Gasteiger partial charge in [0.25, 0.3) is 0 Å². The minimum Gasteiger partial charge on any atom is -0.481 e. The lowest BCUT2D eigenvalue weighted by atomic mass is 10.1. The van der Waals surface area contributed by atoms with Crippen molar-refractivity contribution >= 4 is 5.97 Å². The molecule has 64 valence electrons. The highest BCUT2D eigenvalue weighted by atomic mass is 19.1. The molecule has 1 N–H and O–H groups in total. The monoisotopic (exact) mass is 169 g/mol. The Hall–Kier alpha value is -1.45. The van der Waals surface area contributed by atoms with Crippen LogP contribution in [0.1, 0.15) is 11.1 Å². The van der Waals surface area contributed by atoms with Crippen LogP contribution >= 0.6 is 0 Å². The van der Waals surface area contributed by atoms with E-state index in [9.17, 15) is 9.18 Å². The van der Waals surface area contributed by atoms with Crippen molar-refractivity contribution < 1.29 is 14.3 Å². The smallest absolute Gasteiger partial charge is 0.307 e. The second kappa shape index (κ2) is 3.30. The number of carboxylic acids is 1. The van der Waals surface area contributed by atoms with Gasteiger partial charge in [-0.3, -0.25) is 4.79 Å². The highest BCUT2D eigenvalue weighted by Gasteiger charge is 2.04. The van der Waals surface area contributed by atoms with Gasteiger partial charge in [-0.05, 0) is 24.1 Å². The zero-order chi connectivity index (χ0) is 9.14. The summed E-state index contributed by atoms with van der Waals surface area (Å²) in [5.41, 5.74) is 1.16. The highest BCUT2D eigenvalue weighted by molar-refractivity contribution is 5.70. The van der Waals surface area contributed by atoms with Crippen molar-refractivity contribution in [3.05, 3.63) is 29.3 Å². The summed E-state index contributed by atoms with van der Waals surface area (Å²) in [6, 6.07) is 1.22. The van der Waals surface area contributed by atoms with Crippen molar-refractivity contribution in [2.45, 2.75) is 13.3 Å². The minimum absolute atomic E-state index is 0.112. The maximum Gasteiger partial charge on any atom is 0.307 e. The molecule has 0 amide bonds. The van der Waals surface area contributed by atoms with Crippen LogP contribution in [-0.4, -0.2) is 16.1 Å². The number of aliphatic carboxylic acids is 1. The third-order valence-corrected chi connectivity index (χ3v) is 1.53. The lowest BCUT2D eigenvalue weighted by molar-refractivity contribution is -0.136. The first kappa shape index (κ1) is 8.64. The largest absolute Gasteiger partial charge is 0.481 e. The molecule has 0 atom stereocenters. The van der Waals surface area contributed by atoms with Gasteiger partial charge in [-0.25, -0.2) is 4.98 Å². The molecule has 0 aliphatic heterocycles. The molecule has 0 radical (unpaired) electrons. The Balaban J connectivity index is 2.93. The molecule has 12 heavy (non-hydrogen) atoms. The number of carbonyl (C=O) groups is 1. The Bertz CT molecular complexity index is 312. The van der Waals surface area contributed by atoms with E-state index in [4.69, 9.17) is 5.11 Å². The summed E-state index contributed by atoms with van der Waals surface area (Å²) in [5.74, 6) is -1.52. The van der Waals surface area contributed by atoms with Gasteiger partial charge >= 0.3 is 5.97 Å². The van der Waals surface area contributed by atoms with Crippen LogP contribution in [0.4, 0.5) is 4.39 Å². The number of hydrogen-bond acceptors (Lipinski definition) is 2. The Morgan fingerprint density at radius 1 is 1.75 bits per heavy atom. The molecule has 4 heteroatoms. The van der Waals surface area contributed by atoms with E-state index in [2.05, 4.69) is 4.98 Å². The summed E-state index contributed by atoms with van der Waals surface area (Å²) < 4.78 is 12.4. The van der Waals surface area contributed by atoms with Crippen molar-refractivity contribution in [2.24, 2.45) is 0 Å². The molecule has 0 fully saturated rings. The number of nitrogens with zero attached hydrogens (tertiary/aromatic N) is 1. The first-order valence-electron chi connectivity index (χ1n) is 3.42. The lowest BCUT2D eigenvalue weighted by Crippen LogP contribution is -2.03. The third kappa shape index (κ3) is 2.02. The summed E-state index contributed by atoms with van der Waals surface area (Å²) in [6.07, 6.45) is 1.14. The maximum atomic E-state index is 12.4. The molecule has 0 unspecified atom stereocenters. The van der Waals surface area contributed by atoms with E-state index in [0.29, 0.717) is 11.1 Å². The van der Waals surface area contributed by atoms with Crippen LogP contribution in [0, 0.1) is 12.9 Å². The second-order valence-electron chi connectivity index (χ2n) is 2.50. The molecule has 1 rings (SSSR count). The van der Waals surface area contributed by atoms with E-state index in [1.165, 1.54) is 12.3 Å². The SMILES string of the molecule is Cc1cc(F)ncc1CC(=O)O. The van der Waals surface area contributed by atoms with Crippen molar-refractivity contribution in [3.8, 4) is 0 Å². The van der Waals surface area contributed by atoms with E-state index < -0.39 is 11.9 Å². The summed E-state index contributed by atoms with van der Waals surface area (Å²) in [6.45, 7) is 1.66. The first-order chi connectivity index (χ1) is 5.59. The predicted octanol–water partition coefficient (Wildman–Crippen LogP) is 1.16. The number of rotatable bonds is 2. The Morgan fingerprint density at radius 3 is 2.92 bits per heavy atom. The van der Waals surface area contributed by atoms with Gasteiger partial charge in [0.2, 0.25) is 5.95 Å². The second-order valence-corrected chi connectivity index (χ2v) is 2.50. The fourth-order valence-electron chi connectivity index (χ4n) is 0.898. The van der Waals surface area contributed by atoms with Crippen molar-refractivity contribution in [3.63, 3.8) is 0 Å². The molecule has 1 aromatic heterocycles. The molecule has 0 saturated carbocycles. The number of carboxylic acid groups (broad SMARTS) is 1. The van der Waals surface area contributed by atoms with E-state index >= 15 is 0 Å². The summed E-state index contributed by atoms with van der Waals surface area (Å²) in [5, 5.41) is 8.44. The average molecular weight is 169 g/mol. The van der Waals surface area contributed by atoms with Crippen molar-refractivity contribution in [2.75, 3.05) is 0 Å². The molecule has 0 aromatic carbocycles. The third-order valence-electron chi connectivity index (χ3n) is 1.53. The number of aromatic nitrogens is 1. The molecular weight excluding hydrogens is 161 g/mol. The normalized spacial score (nSPS) is 9.83. The standard InChI is InChI=1S/C8H8FNO2/c1-5-2-7(9)10-4-6(5)3-8(11)12/h2,4H,3H2,1H3,(H,11,12). The van der Waals surface area contributed by atoms with E-state index in [0.717, 1.165) is 0 Å². The number of halogens is 1. The topological polar surface area (TPSA) is 50.2 Å². The van der Waals surface area contributed by atoms with E-state index in [1.807, 2.05) is 0 Å². The Labute approximate surface area is 68.9 Å². The van der Waals surface area contributed by atoms with Crippen LogP contribution in [0.3, 0.4) is 0 Å². The van der Waals surface area contributed by atoms with Crippen LogP contribution in [0.5, 0.6) is 0 Å². The number of aryl methyl sites for hydroxylation is 1. The average Bonchev–Trinajstić information content (AvgIpc) is 1.94. The van der Waals surface area contributed by atoms with E-state index in [1.54, 1.807) is 6.92 Å². The molecule has 0 aliphatic carbocycles. The number of hydrogen-bond donors (Lipinski definition) is 1. The Kier molecular flexibility index (Phi) is 2.38. The quantitative estimate of drug-likeness (QED) is 0.676. The Morgan fingerprint density at radius 2 is 2.42 bits per heavy atom. The molecule has 0 spiro atoms. The highest BCUT2D eigenvalue weighted by Crippen LogP contribution is 2.07. The van der Waals surface area contributed by atoms with Crippen LogP contribution in [0.15, 0.2) is 12.3 Å². The minimum atomic E-state index is -0.938. The van der Waals surface area contributed by atoms with Crippen LogP contribution < -0.4 is 0 Å².